The highest BCUT2D eigenvalue weighted by atomic mass is 16.6. The quantitative estimate of drug-likeness (QED) is 0.322. The molecule has 0 bridgehead atoms. The monoisotopic (exact) mass is 240 g/mol. The van der Waals surface area contributed by atoms with Gasteiger partial charge in [0, 0.05) is 6.42 Å². The fourth-order valence-corrected chi connectivity index (χ4v) is 1.48. The third-order valence-corrected chi connectivity index (χ3v) is 2.35. The van der Waals surface area contributed by atoms with Crippen LogP contribution in [0.15, 0.2) is 0 Å². The molecule has 0 aliphatic carbocycles. The largest absolute Gasteiger partial charge is 0.479 e. The maximum Gasteiger partial charge on any atom is 0.332 e. The van der Waals surface area contributed by atoms with Crippen molar-refractivity contribution in [1.29, 1.82) is 0 Å². The molecule has 9 N–H and O–H groups in total. The minimum Gasteiger partial charge on any atom is -0.479 e. The number of quaternary nitrogens is 1. The Morgan fingerprint density at radius 1 is 1.44 bits per heavy atom. The van der Waals surface area contributed by atoms with E-state index in [4.69, 9.17) is 14.9 Å². The molecule has 8 heteroatoms. The van der Waals surface area contributed by atoms with E-state index in [2.05, 4.69) is 0 Å². The summed E-state index contributed by atoms with van der Waals surface area (Å²) in [4.78, 5) is 10.6. The first-order valence-corrected chi connectivity index (χ1v) is 4.50. The molecule has 0 spiro atoms. The van der Waals surface area contributed by atoms with Crippen molar-refractivity contribution in [3.8, 4) is 0 Å². The average Bonchev–Trinajstić information content (AvgIpc) is 2.20. The summed E-state index contributed by atoms with van der Waals surface area (Å²) in [5.41, 5.74) is 0. The lowest BCUT2D eigenvalue weighted by Crippen LogP contribution is -2.55. The van der Waals surface area contributed by atoms with Gasteiger partial charge in [-0.25, -0.2) is 4.79 Å². The number of carbonyl (C=O) groups is 1. The van der Waals surface area contributed by atoms with Crippen LogP contribution in [0, 0.1) is 0 Å². The van der Waals surface area contributed by atoms with Crippen LogP contribution in [0.5, 0.6) is 0 Å². The van der Waals surface area contributed by atoms with Gasteiger partial charge in [-0.15, -0.1) is 0 Å². The van der Waals surface area contributed by atoms with Crippen molar-refractivity contribution in [2.45, 2.75) is 36.9 Å². The van der Waals surface area contributed by atoms with Crippen molar-refractivity contribution < 1.29 is 35.1 Å². The second-order valence-corrected chi connectivity index (χ2v) is 3.47. The molecule has 0 radical (unpaired) electrons. The Balaban J connectivity index is 0.00000225. The minimum absolute atomic E-state index is 0. The molecule has 1 heterocycles. The highest BCUT2D eigenvalue weighted by molar-refractivity contribution is 5.72. The lowest BCUT2D eigenvalue weighted by molar-refractivity contribution is -0.212. The van der Waals surface area contributed by atoms with Crippen LogP contribution in [-0.2, 0) is 9.53 Å². The van der Waals surface area contributed by atoms with Crippen LogP contribution < -0.4 is 6.15 Å². The summed E-state index contributed by atoms with van der Waals surface area (Å²) in [6.45, 7) is -0.680. The molecule has 1 rings (SSSR count). The molecular weight excluding hydrogens is 222 g/mol. The van der Waals surface area contributed by atoms with Crippen molar-refractivity contribution in [2.75, 3.05) is 6.61 Å². The first-order chi connectivity index (χ1) is 6.97. The van der Waals surface area contributed by atoms with Crippen LogP contribution in [0.2, 0.25) is 0 Å². The van der Waals surface area contributed by atoms with E-state index in [0.717, 1.165) is 0 Å². The summed E-state index contributed by atoms with van der Waals surface area (Å²) in [6.07, 6.45) is -6.93. The Bertz CT molecular complexity index is 236. The van der Waals surface area contributed by atoms with Gasteiger partial charge < -0.3 is 36.4 Å². The first-order valence-electron chi connectivity index (χ1n) is 4.50. The van der Waals surface area contributed by atoms with Crippen molar-refractivity contribution in [3.63, 3.8) is 0 Å². The number of hydrogen-bond acceptors (Lipinski definition) is 6. The van der Waals surface area contributed by atoms with Crippen molar-refractivity contribution in [1.82, 2.24) is 6.15 Å². The second-order valence-electron chi connectivity index (χ2n) is 3.47. The van der Waals surface area contributed by atoms with Gasteiger partial charge in [-0.2, -0.15) is 0 Å². The summed E-state index contributed by atoms with van der Waals surface area (Å²) in [6, 6.07) is 0. The number of carboxylic acid groups (broad SMARTS) is 1. The normalized spacial score (nSPS) is 36.2. The highest BCUT2D eigenvalue weighted by Gasteiger charge is 2.42. The molecule has 0 aromatic heterocycles. The summed E-state index contributed by atoms with van der Waals surface area (Å²) < 4.78 is 4.86. The van der Waals surface area contributed by atoms with E-state index in [1.54, 1.807) is 0 Å². The van der Waals surface area contributed by atoms with E-state index in [1.165, 1.54) is 0 Å². The fourth-order valence-electron chi connectivity index (χ4n) is 1.48. The molecule has 1 fully saturated rings. The van der Waals surface area contributed by atoms with Gasteiger partial charge in [0.2, 0.25) is 0 Å². The third kappa shape index (κ3) is 3.11. The number of hydrogen-bond donors (Lipinski definition) is 6. The van der Waals surface area contributed by atoms with Crippen LogP contribution in [-0.4, -0.2) is 68.6 Å². The van der Waals surface area contributed by atoms with Crippen LogP contribution in [0.3, 0.4) is 0 Å². The van der Waals surface area contributed by atoms with Crippen molar-refractivity contribution >= 4 is 5.97 Å². The first kappa shape index (κ1) is 15.2. The summed E-state index contributed by atoms with van der Waals surface area (Å²) in [7, 11) is 0. The standard InChI is InChI=1S/C8H14O7.H3N/c9-2-4(11)7-6(12)3(10)1-5(15-7)8(13)14;/h3-7,9-12H,1-2H2,(H,13,14);1H3/p+1/t3-,4-,5+,6-,7-;/m1./s1. The van der Waals surface area contributed by atoms with Gasteiger partial charge in [-0.1, -0.05) is 0 Å². The van der Waals surface area contributed by atoms with E-state index in [-0.39, 0.29) is 12.6 Å². The van der Waals surface area contributed by atoms with Crippen LogP contribution in [0.25, 0.3) is 0 Å². The highest BCUT2D eigenvalue weighted by Crippen LogP contribution is 2.22. The zero-order valence-corrected chi connectivity index (χ0v) is 8.85. The van der Waals surface area contributed by atoms with E-state index in [1.807, 2.05) is 0 Å². The predicted octanol–water partition coefficient (Wildman–Crippen LogP) is -2.32. The minimum atomic E-state index is -1.42. The second kappa shape index (κ2) is 6.09. The van der Waals surface area contributed by atoms with E-state index in [9.17, 15) is 20.1 Å². The van der Waals surface area contributed by atoms with Crippen LogP contribution in [0.4, 0.5) is 0 Å². The van der Waals surface area contributed by atoms with Crippen LogP contribution in [0.1, 0.15) is 6.42 Å². The molecule has 0 aromatic rings. The van der Waals surface area contributed by atoms with Gasteiger partial charge in [0.05, 0.1) is 12.7 Å². The summed E-state index contributed by atoms with van der Waals surface area (Å²) >= 11 is 0. The Morgan fingerprint density at radius 2 is 2.00 bits per heavy atom. The van der Waals surface area contributed by atoms with Crippen LogP contribution >= 0.6 is 0 Å². The Kier molecular flexibility index (Phi) is 5.79. The van der Waals surface area contributed by atoms with Gasteiger partial charge in [0.1, 0.15) is 18.3 Å². The lowest BCUT2D eigenvalue weighted by atomic mass is 9.95. The number of ether oxygens (including phenoxy) is 1. The Morgan fingerprint density at radius 3 is 2.44 bits per heavy atom. The predicted molar refractivity (Wildman–Crippen MR) is 52.0 cm³/mol. The molecule has 0 aromatic carbocycles. The molecular formula is C8H18NO7+. The Hall–Kier alpha value is -0.770. The fraction of sp³-hybridized carbons (Fsp3) is 0.875. The number of carboxylic acids is 1. The SMILES string of the molecule is O=C(O)[C@@H]1C[C@@H](O)[C@@H](O)[C@@H]([C@H](O)CO)O1.[NH4+]. The average molecular weight is 240 g/mol. The van der Waals surface area contributed by atoms with E-state index >= 15 is 0 Å². The molecule has 1 aliphatic heterocycles. The third-order valence-electron chi connectivity index (χ3n) is 2.35. The number of aliphatic hydroxyl groups excluding tert-OH is 4. The molecule has 0 unspecified atom stereocenters. The maximum atomic E-state index is 10.6. The zero-order valence-electron chi connectivity index (χ0n) is 8.85. The number of aliphatic carboxylic acids is 1. The van der Waals surface area contributed by atoms with Gasteiger partial charge in [0.15, 0.2) is 6.10 Å². The summed E-state index contributed by atoms with van der Waals surface area (Å²) in [5.74, 6) is -1.28. The Labute approximate surface area is 91.7 Å². The number of rotatable bonds is 3. The molecule has 5 atom stereocenters. The van der Waals surface area contributed by atoms with E-state index < -0.39 is 43.1 Å². The van der Waals surface area contributed by atoms with Crippen molar-refractivity contribution in [3.05, 3.63) is 0 Å². The number of aliphatic hydroxyl groups is 4. The molecule has 1 aliphatic rings. The summed E-state index contributed by atoms with van der Waals surface area (Å²) in [5, 5.41) is 45.3. The maximum absolute atomic E-state index is 10.6. The molecule has 0 saturated carbocycles. The van der Waals surface area contributed by atoms with Gasteiger partial charge >= 0.3 is 5.97 Å². The molecule has 8 nitrogen and oxygen atoms in total. The smallest absolute Gasteiger partial charge is 0.332 e. The van der Waals surface area contributed by atoms with Gasteiger partial charge in [0.25, 0.3) is 0 Å². The lowest BCUT2D eigenvalue weighted by Gasteiger charge is -2.37. The van der Waals surface area contributed by atoms with Crippen molar-refractivity contribution in [2.24, 2.45) is 0 Å². The van der Waals surface area contributed by atoms with E-state index in [0.29, 0.717) is 0 Å². The van der Waals surface area contributed by atoms with Gasteiger partial charge in [-0.3, -0.25) is 0 Å². The molecule has 96 valence electrons. The van der Waals surface area contributed by atoms with Gasteiger partial charge in [-0.05, 0) is 0 Å². The zero-order chi connectivity index (χ0) is 11.6. The topological polar surface area (TPSA) is 164 Å². The molecule has 1 saturated heterocycles. The molecule has 16 heavy (non-hydrogen) atoms. The molecule has 0 amide bonds.